The largest absolute Gasteiger partial charge is 0.370 e. The maximum absolute atomic E-state index is 12.4. The van der Waals surface area contributed by atoms with Crippen molar-refractivity contribution in [3.63, 3.8) is 0 Å². The molecule has 0 spiro atoms. The van der Waals surface area contributed by atoms with Gasteiger partial charge in [0, 0.05) is 24.5 Å². The lowest BCUT2D eigenvalue weighted by Crippen LogP contribution is -2.37. The van der Waals surface area contributed by atoms with E-state index in [2.05, 4.69) is 30.1 Å². The molecule has 0 bridgehead atoms. The number of anilines is 4. The monoisotopic (exact) mass is 338 g/mol. The van der Waals surface area contributed by atoms with Crippen LogP contribution in [-0.2, 0) is 4.79 Å². The Morgan fingerprint density at radius 2 is 2.00 bits per heavy atom. The van der Waals surface area contributed by atoms with Crippen molar-refractivity contribution >= 4 is 28.8 Å². The standard InChI is InChI=1S/C20H26N4O/c1-4-6-12-23(5-2)17-13-15(3)21-20-19(17)22-18(25)14-24(20)16-10-8-7-9-11-16/h7-11,13H,4-6,12,14H2,1-3H3,(H,22,25). The number of hydrogen-bond acceptors (Lipinski definition) is 4. The zero-order chi connectivity index (χ0) is 17.8. The van der Waals surface area contributed by atoms with Crippen LogP contribution in [0.5, 0.6) is 0 Å². The van der Waals surface area contributed by atoms with E-state index in [1.165, 1.54) is 0 Å². The Morgan fingerprint density at radius 3 is 2.68 bits per heavy atom. The Labute approximate surface area is 149 Å². The Morgan fingerprint density at radius 1 is 1.24 bits per heavy atom. The fraction of sp³-hybridized carbons (Fsp3) is 0.400. The summed E-state index contributed by atoms with van der Waals surface area (Å²) in [6.07, 6.45) is 2.27. The molecule has 0 atom stereocenters. The normalized spacial score (nSPS) is 13.4. The molecule has 1 N–H and O–H groups in total. The molecule has 1 amide bonds. The first-order chi connectivity index (χ1) is 12.1. The van der Waals surface area contributed by atoms with Crippen LogP contribution >= 0.6 is 0 Å². The topological polar surface area (TPSA) is 48.5 Å². The van der Waals surface area contributed by atoms with E-state index in [9.17, 15) is 4.79 Å². The van der Waals surface area contributed by atoms with E-state index in [0.29, 0.717) is 0 Å². The number of para-hydroxylation sites is 1. The smallest absolute Gasteiger partial charge is 0.244 e. The number of nitrogens with one attached hydrogen (secondary N) is 1. The summed E-state index contributed by atoms with van der Waals surface area (Å²) in [5, 5.41) is 3.06. The molecule has 2 heterocycles. The number of unbranched alkanes of at least 4 members (excludes halogenated alkanes) is 1. The lowest BCUT2D eigenvalue weighted by atomic mass is 10.1. The van der Waals surface area contributed by atoms with Crippen molar-refractivity contribution in [3.05, 3.63) is 42.1 Å². The minimum absolute atomic E-state index is 0.00481. The van der Waals surface area contributed by atoms with E-state index < -0.39 is 0 Å². The molecule has 3 rings (SSSR count). The molecule has 0 radical (unpaired) electrons. The van der Waals surface area contributed by atoms with Crippen LogP contribution in [0.2, 0.25) is 0 Å². The molecule has 5 nitrogen and oxygen atoms in total. The number of aromatic nitrogens is 1. The Balaban J connectivity index is 2.09. The maximum Gasteiger partial charge on any atom is 0.244 e. The van der Waals surface area contributed by atoms with Crippen LogP contribution in [0.1, 0.15) is 32.4 Å². The Bertz CT molecular complexity index is 745. The summed E-state index contributed by atoms with van der Waals surface area (Å²) in [6, 6.07) is 12.1. The number of carbonyl (C=O) groups excluding carboxylic acids is 1. The van der Waals surface area contributed by atoms with Crippen molar-refractivity contribution in [2.75, 3.05) is 34.8 Å². The van der Waals surface area contributed by atoms with Gasteiger partial charge in [-0.1, -0.05) is 31.5 Å². The predicted octanol–water partition coefficient (Wildman–Crippen LogP) is 4.11. The highest BCUT2D eigenvalue weighted by molar-refractivity contribution is 6.06. The minimum Gasteiger partial charge on any atom is -0.370 e. The third kappa shape index (κ3) is 3.60. The second kappa shape index (κ2) is 7.55. The van der Waals surface area contributed by atoms with Crippen molar-refractivity contribution in [2.45, 2.75) is 33.6 Å². The first-order valence-electron chi connectivity index (χ1n) is 9.03. The molecule has 2 aromatic rings. The van der Waals surface area contributed by atoms with Crippen molar-refractivity contribution in [1.82, 2.24) is 4.98 Å². The third-order valence-corrected chi connectivity index (χ3v) is 4.50. The van der Waals surface area contributed by atoms with Gasteiger partial charge in [-0.3, -0.25) is 4.79 Å². The van der Waals surface area contributed by atoms with Crippen LogP contribution in [0, 0.1) is 6.92 Å². The van der Waals surface area contributed by atoms with Crippen LogP contribution in [-0.4, -0.2) is 30.5 Å². The van der Waals surface area contributed by atoms with Gasteiger partial charge in [-0.2, -0.15) is 0 Å². The maximum atomic E-state index is 12.4. The first-order valence-corrected chi connectivity index (χ1v) is 9.03. The molecular formula is C20H26N4O. The average molecular weight is 338 g/mol. The van der Waals surface area contributed by atoms with E-state index in [4.69, 9.17) is 4.98 Å². The summed E-state index contributed by atoms with van der Waals surface area (Å²) in [6.45, 7) is 8.52. The van der Waals surface area contributed by atoms with Crippen molar-refractivity contribution in [1.29, 1.82) is 0 Å². The molecule has 0 unspecified atom stereocenters. The number of hydrogen-bond donors (Lipinski definition) is 1. The molecule has 25 heavy (non-hydrogen) atoms. The van der Waals surface area contributed by atoms with Gasteiger partial charge in [-0.25, -0.2) is 4.98 Å². The summed E-state index contributed by atoms with van der Waals surface area (Å²) in [7, 11) is 0. The van der Waals surface area contributed by atoms with Crippen molar-refractivity contribution in [2.24, 2.45) is 0 Å². The summed E-state index contributed by atoms with van der Waals surface area (Å²) >= 11 is 0. The lowest BCUT2D eigenvalue weighted by Gasteiger charge is -2.34. The zero-order valence-corrected chi connectivity index (χ0v) is 15.2. The van der Waals surface area contributed by atoms with Gasteiger partial charge in [0.25, 0.3) is 0 Å². The predicted molar refractivity (Wildman–Crippen MR) is 104 cm³/mol. The van der Waals surface area contributed by atoms with E-state index in [1.54, 1.807) is 0 Å². The molecule has 1 aliphatic heterocycles. The van der Waals surface area contributed by atoms with Gasteiger partial charge in [0.15, 0.2) is 5.82 Å². The van der Waals surface area contributed by atoms with E-state index in [0.717, 1.165) is 54.5 Å². The highest BCUT2D eigenvalue weighted by Gasteiger charge is 2.28. The van der Waals surface area contributed by atoms with E-state index in [-0.39, 0.29) is 12.5 Å². The highest BCUT2D eigenvalue weighted by Crippen LogP contribution is 2.40. The van der Waals surface area contributed by atoms with Gasteiger partial charge in [-0.15, -0.1) is 0 Å². The van der Waals surface area contributed by atoms with Gasteiger partial charge >= 0.3 is 0 Å². The number of benzene rings is 1. The SMILES string of the molecule is CCCCN(CC)c1cc(C)nc2c1NC(=O)CN2c1ccccc1. The first kappa shape index (κ1) is 17.3. The number of amides is 1. The van der Waals surface area contributed by atoms with Crippen LogP contribution in [0.4, 0.5) is 22.9 Å². The Hall–Kier alpha value is -2.56. The highest BCUT2D eigenvalue weighted by atomic mass is 16.2. The van der Waals surface area contributed by atoms with Crippen molar-refractivity contribution in [3.8, 4) is 0 Å². The number of rotatable bonds is 6. The molecule has 0 saturated carbocycles. The van der Waals surface area contributed by atoms with Gasteiger partial charge < -0.3 is 15.1 Å². The fourth-order valence-electron chi connectivity index (χ4n) is 3.22. The molecule has 1 aromatic heterocycles. The zero-order valence-electron chi connectivity index (χ0n) is 15.2. The molecule has 1 aliphatic rings. The molecule has 0 saturated heterocycles. The van der Waals surface area contributed by atoms with Gasteiger partial charge in [0.2, 0.25) is 5.91 Å². The van der Waals surface area contributed by atoms with Crippen LogP contribution < -0.4 is 15.1 Å². The van der Waals surface area contributed by atoms with E-state index >= 15 is 0 Å². The Kier molecular flexibility index (Phi) is 5.22. The number of aryl methyl sites for hydroxylation is 1. The van der Waals surface area contributed by atoms with Gasteiger partial charge in [-0.05, 0) is 38.5 Å². The third-order valence-electron chi connectivity index (χ3n) is 4.50. The number of nitrogens with zero attached hydrogens (tertiary/aromatic N) is 3. The molecule has 132 valence electrons. The van der Waals surface area contributed by atoms with Gasteiger partial charge in [0.05, 0.1) is 5.69 Å². The average Bonchev–Trinajstić information content (AvgIpc) is 2.63. The number of fused-ring (bicyclic) bond motifs is 1. The summed E-state index contributed by atoms with van der Waals surface area (Å²) in [5.41, 5.74) is 3.83. The van der Waals surface area contributed by atoms with Crippen LogP contribution in [0.15, 0.2) is 36.4 Å². The summed E-state index contributed by atoms with van der Waals surface area (Å²) < 4.78 is 0. The molecule has 5 heteroatoms. The second-order valence-electron chi connectivity index (χ2n) is 6.38. The lowest BCUT2D eigenvalue weighted by molar-refractivity contribution is -0.115. The molecule has 0 fully saturated rings. The quantitative estimate of drug-likeness (QED) is 0.861. The van der Waals surface area contributed by atoms with Gasteiger partial charge in [0.1, 0.15) is 12.2 Å². The molecule has 0 aliphatic carbocycles. The molecular weight excluding hydrogens is 312 g/mol. The van der Waals surface area contributed by atoms with Crippen LogP contribution in [0.3, 0.4) is 0 Å². The fourth-order valence-corrected chi connectivity index (χ4v) is 3.22. The van der Waals surface area contributed by atoms with Crippen LogP contribution in [0.25, 0.3) is 0 Å². The summed E-state index contributed by atoms with van der Waals surface area (Å²) in [4.78, 5) is 21.4. The second-order valence-corrected chi connectivity index (χ2v) is 6.38. The van der Waals surface area contributed by atoms with Crippen molar-refractivity contribution < 1.29 is 4.79 Å². The van der Waals surface area contributed by atoms with E-state index in [1.807, 2.05) is 42.2 Å². The minimum atomic E-state index is -0.00481. The number of carbonyl (C=O) groups is 1. The molecule has 1 aromatic carbocycles. The number of pyridine rings is 1. The summed E-state index contributed by atoms with van der Waals surface area (Å²) in [5.74, 6) is 0.825.